The molecular formula is C14H12BrCl2N. The molecule has 0 saturated heterocycles. The van der Waals surface area contributed by atoms with E-state index >= 15 is 0 Å². The zero-order valence-corrected chi connectivity index (χ0v) is 12.6. The van der Waals surface area contributed by atoms with Gasteiger partial charge in [0.1, 0.15) is 0 Å². The van der Waals surface area contributed by atoms with E-state index in [0.717, 1.165) is 20.6 Å². The number of nitrogens with two attached hydrogens (primary N) is 1. The van der Waals surface area contributed by atoms with Crippen molar-refractivity contribution in [3.05, 3.63) is 68.1 Å². The maximum atomic E-state index is 6.23. The van der Waals surface area contributed by atoms with E-state index in [1.165, 1.54) is 0 Å². The summed E-state index contributed by atoms with van der Waals surface area (Å²) in [5.41, 5.74) is 8.15. The minimum atomic E-state index is -0.171. The van der Waals surface area contributed by atoms with Crippen LogP contribution in [0.15, 0.2) is 46.9 Å². The van der Waals surface area contributed by atoms with Crippen LogP contribution in [0.3, 0.4) is 0 Å². The summed E-state index contributed by atoms with van der Waals surface area (Å²) in [4.78, 5) is 0. The first-order chi connectivity index (χ1) is 8.59. The summed E-state index contributed by atoms with van der Waals surface area (Å²) in [5, 5.41) is 1.40. The number of halogens is 3. The molecule has 0 amide bonds. The molecule has 1 nitrogen and oxygen atoms in total. The molecule has 0 fully saturated rings. The van der Waals surface area contributed by atoms with Crippen molar-refractivity contribution in [3.8, 4) is 0 Å². The largest absolute Gasteiger partial charge is 0.324 e. The van der Waals surface area contributed by atoms with Crippen LogP contribution in [-0.2, 0) is 6.42 Å². The molecule has 1 unspecified atom stereocenters. The zero-order valence-electron chi connectivity index (χ0n) is 9.54. The Morgan fingerprint density at radius 1 is 1.06 bits per heavy atom. The fraction of sp³-hybridized carbons (Fsp3) is 0.143. The number of hydrogen-bond acceptors (Lipinski definition) is 1. The molecule has 4 heteroatoms. The summed E-state index contributed by atoms with van der Waals surface area (Å²) in [6.07, 6.45) is 0.663. The van der Waals surface area contributed by atoms with Crippen LogP contribution in [0, 0.1) is 0 Å². The molecule has 18 heavy (non-hydrogen) atoms. The lowest BCUT2D eigenvalue weighted by Gasteiger charge is -2.15. The third-order valence-corrected chi connectivity index (χ3v) is 4.46. The molecule has 0 saturated carbocycles. The third-order valence-electron chi connectivity index (χ3n) is 2.78. The molecule has 2 aromatic carbocycles. The highest BCUT2D eigenvalue weighted by Crippen LogP contribution is 2.31. The van der Waals surface area contributed by atoms with Crippen molar-refractivity contribution >= 4 is 39.1 Å². The van der Waals surface area contributed by atoms with E-state index in [4.69, 9.17) is 28.9 Å². The van der Waals surface area contributed by atoms with Gasteiger partial charge in [0.2, 0.25) is 0 Å². The molecule has 0 spiro atoms. The highest BCUT2D eigenvalue weighted by atomic mass is 79.9. The topological polar surface area (TPSA) is 26.0 Å². The summed E-state index contributed by atoms with van der Waals surface area (Å²) in [7, 11) is 0. The fourth-order valence-electron chi connectivity index (χ4n) is 1.82. The molecule has 2 N–H and O–H groups in total. The summed E-state index contributed by atoms with van der Waals surface area (Å²) < 4.78 is 0.858. The first kappa shape index (κ1) is 13.9. The Bertz CT molecular complexity index is 557. The van der Waals surface area contributed by atoms with E-state index in [-0.39, 0.29) is 6.04 Å². The number of hydrogen-bond donors (Lipinski definition) is 1. The molecular weight excluding hydrogens is 333 g/mol. The van der Waals surface area contributed by atoms with Gasteiger partial charge in [-0.2, -0.15) is 0 Å². The summed E-state index contributed by atoms with van der Waals surface area (Å²) >= 11 is 15.8. The minimum absolute atomic E-state index is 0.171. The van der Waals surface area contributed by atoms with Crippen LogP contribution in [0.25, 0.3) is 0 Å². The van der Waals surface area contributed by atoms with Crippen molar-refractivity contribution in [1.82, 2.24) is 0 Å². The van der Waals surface area contributed by atoms with Crippen molar-refractivity contribution in [3.63, 3.8) is 0 Å². The Morgan fingerprint density at radius 2 is 1.78 bits per heavy atom. The minimum Gasteiger partial charge on any atom is -0.324 e. The van der Waals surface area contributed by atoms with Crippen LogP contribution >= 0.6 is 39.1 Å². The maximum absolute atomic E-state index is 6.23. The second-order valence-electron chi connectivity index (χ2n) is 4.05. The standard InChI is InChI=1S/C14H12BrCl2N/c15-11-6-3-5-10(14(11)17)13(18)8-9-4-1-2-7-12(9)16/h1-7,13H,8,18H2. The van der Waals surface area contributed by atoms with Gasteiger partial charge in [0.15, 0.2) is 0 Å². The molecule has 0 aliphatic carbocycles. The maximum Gasteiger partial charge on any atom is 0.0595 e. The van der Waals surface area contributed by atoms with Gasteiger partial charge in [0, 0.05) is 15.5 Å². The van der Waals surface area contributed by atoms with Crippen LogP contribution in [0.5, 0.6) is 0 Å². The average Bonchev–Trinajstić information content (AvgIpc) is 2.35. The van der Waals surface area contributed by atoms with Crippen molar-refractivity contribution < 1.29 is 0 Å². The second kappa shape index (κ2) is 6.07. The Kier molecular flexibility index (Phi) is 4.68. The van der Waals surface area contributed by atoms with E-state index in [2.05, 4.69) is 15.9 Å². The van der Waals surface area contributed by atoms with Gasteiger partial charge in [-0.15, -0.1) is 0 Å². The van der Waals surface area contributed by atoms with Crippen LogP contribution in [0.2, 0.25) is 10.0 Å². The Hall–Kier alpha value is -0.540. The molecule has 94 valence electrons. The van der Waals surface area contributed by atoms with Gasteiger partial charge in [-0.1, -0.05) is 53.5 Å². The Labute approximate surface area is 125 Å². The van der Waals surface area contributed by atoms with Gasteiger partial charge in [-0.25, -0.2) is 0 Å². The van der Waals surface area contributed by atoms with Gasteiger partial charge in [0.05, 0.1) is 5.02 Å². The monoisotopic (exact) mass is 343 g/mol. The summed E-state index contributed by atoms with van der Waals surface area (Å²) in [6.45, 7) is 0. The predicted molar refractivity (Wildman–Crippen MR) is 81.2 cm³/mol. The lowest BCUT2D eigenvalue weighted by molar-refractivity contribution is 0.722. The number of benzene rings is 2. The molecule has 0 heterocycles. The van der Waals surface area contributed by atoms with Crippen LogP contribution < -0.4 is 5.73 Å². The molecule has 0 aromatic heterocycles. The molecule has 2 rings (SSSR count). The lowest BCUT2D eigenvalue weighted by Crippen LogP contribution is -2.14. The molecule has 0 aliphatic rings. The van der Waals surface area contributed by atoms with Gasteiger partial charge >= 0.3 is 0 Å². The summed E-state index contributed by atoms with van der Waals surface area (Å²) in [5.74, 6) is 0. The zero-order chi connectivity index (χ0) is 13.1. The van der Waals surface area contributed by atoms with Crippen molar-refractivity contribution in [1.29, 1.82) is 0 Å². The summed E-state index contributed by atoms with van der Waals surface area (Å²) in [6, 6.07) is 13.3. The highest BCUT2D eigenvalue weighted by molar-refractivity contribution is 9.10. The van der Waals surface area contributed by atoms with Crippen LogP contribution in [-0.4, -0.2) is 0 Å². The molecule has 1 atom stereocenters. The van der Waals surface area contributed by atoms with Gasteiger partial charge in [-0.3, -0.25) is 0 Å². The number of rotatable bonds is 3. The molecule has 0 bridgehead atoms. The average molecular weight is 345 g/mol. The molecule has 0 radical (unpaired) electrons. The Morgan fingerprint density at radius 3 is 2.50 bits per heavy atom. The van der Waals surface area contributed by atoms with Crippen LogP contribution in [0.1, 0.15) is 17.2 Å². The quantitative estimate of drug-likeness (QED) is 0.833. The predicted octanol–water partition coefficient (Wildman–Crippen LogP) is 5.00. The Balaban J connectivity index is 2.25. The second-order valence-corrected chi connectivity index (χ2v) is 5.68. The van der Waals surface area contributed by atoms with Gasteiger partial charge in [0.25, 0.3) is 0 Å². The highest BCUT2D eigenvalue weighted by Gasteiger charge is 2.13. The smallest absolute Gasteiger partial charge is 0.0595 e. The van der Waals surface area contributed by atoms with E-state index < -0.39 is 0 Å². The fourth-order valence-corrected chi connectivity index (χ4v) is 2.68. The van der Waals surface area contributed by atoms with Crippen molar-refractivity contribution in [2.45, 2.75) is 12.5 Å². The molecule has 2 aromatic rings. The van der Waals surface area contributed by atoms with E-state index in [1.807, 2.05) is 42.5 Å². The SMILES string of the molecule is NC(Cc1ccccc1Cl)c1cccc(Br)c1Cl. The van der Waals surface area contributed by atoms with E-state index in [1.54, 1.807) is 0 Å². The van der Waals surface area contributed by atoms with Crippen molar-refractivity contribution in [2.24, 2.45) is 5.73 Å². The van der Waals surface area contributed by atoms with E-state index in [9.17, 15) is 0 Å². The normalized spacial score (nSPS) is 12.4. The third kappa shape index (κ3) is 3.07. The van der Waals surface area contributed by atoms with Crippen LogP contribution in [0.4, 0.5) is 0 Å². The molecule has 0 aliphatic heterocycles. The van der Waals surface area contributed by atoms with E-state index in [0.29, 0.717) is 11.4 Å². The first-order valence-electron chi connectivity index (χ1n) is 5.52. The van der Waals surface area contributed by atoms with Gasteiger partial charge in [-0.05, 0) is 45.6 Å². The first-order valence-corrected chi connectivity index (χ1v) is 7.07. The lowest BCUT2D eigenvalue weighted by atomic mass is 10.00. The van der Waals surface area contributed by atoms with Gasteiger partial charge < -0.3 is 5.73 Å². The van der Waals surface area contributed by atoms with Crippen molar-refractivity contribution in [2.75, 3.05) is 0 Å².